The van der Waals surface area contributed by atoms with E-state index in [-0.39, 0.29) is 5.54 Å². The van der Waals surface area contributed by atoms with Crippen LogP contribution in [0.1, 0.15) is 24.2 Å². The summed E-state index contributed by atoms with van der Waals surface area (Å²) >= 11 is 0. The standard InChI is InChI=1S/C12H19N3/c1-10-4-3-5-11(14-10)8-15(2)9-12(13)6-7-12/h3-5H,6-9,13H2,1-2H3. The number of likely N-dealkylation sites (N-methyl/N-ethyl adjacent to an activating group) is 1. The molecule has 3 nitrogen and oxygen atoms in total. The van der Waals surface area contributed by atoms with Gasteiger partial charge in [-0.1, -0.05) is 6.07 Å². The van der Waals surface area contributed by atoms with Crippen molar-refractivity contribution in [3.05, 3.63) is 29.6 Å². The molecule has 0 saturated heterocycles. The van der Waals surface area contributed by atoms with Crippen LogP contribution in [0.15, 0.2) is 18.2 Å². The minimum Gasteiger partial charge on any atom is -0.324 e. The van der Waals surface area contributed by atoms with Gasteiger partial charge in [-0.25, -0.2) is 0 Å². The van der Waals surface area contributed by atoms with Gasteiger partial charge in [0.2, 0.25) is 0 Å². The largest absolute Gasteiger partial charge is 0.324 e. The van der Waals surface area contributed by atoms with Crippen LogP contribution in [0, 0.1) is 6.92 Å². The maximum absolute atomic E-state index is 6.07. The number of aryl methyl sites for hydroxylation is 1. The Bertz CT molecular complexity index is 344. The van der Waals surface area contributed by atoms with Crippen LogP contribution in [0.25, 0.3) is 0 Å². The van der Waals surface area contributed by atoms with Crippen LogP contribution in [0.4, 0.5) is 0 Å². The number of aromatic nitrogens is 1. The van der Waals surface area contributed by atoms with Crippen LogP contribution >= 0.6 is 0 Å². The first-order valence-electron chi connectivity index (χ1n) is 5.47. The van der Waals surface area contributed by atoms with E-state index in [2.05, 4.69) is 29.1 Å². The second kappa shape index (κ2) is 3.91. The summed E-state index contributed by atoms with van der Waals surface area (Å²) < 4.78 is 0. The lowest BCUT2D eigenvalue weighted by Gasteiger charge is -2.20. The number of nitrogens with two attached hydrogens (primary N) is 1. The van der Waals surface area contributed by atoms with Gasteiger partial charge in [0.1, 0.15) is 0 Å². The van der Waals surface area contributed by atoms with Crippen molar-refractivity contribution < 1.29 is 0 Å². The summed E-state index contributed by atoms with van der Waals surface area (Å²) in [6.07, 6.45) is 2.33. The van der Waals surface area contributed by atoms with E-state index in [1.54, 1.807) is 0 Å². The molecule has 0 amide bonds. The quantitative estimate of drug-likeness (QED) is 0.806. The van der Waals surface area contributed by atoms with Crippen molar-refractivity contribution in [3.8, 4) is 0 Å². The SMILES string of the molecule is Cc1cccc(CN(C)CC2(N)CC2)n1. The van der Waals surface area contributed by atoms with Crippen LogP contribution in [0.3, 0.4) is 0 Å². The summed E-state index contributed by atoms with van der Waals surface area (Å²) in [4.78, 5) is 6.74. The van der Waals surface area contributed by atoms with Gasteiger partial charge in [0.25, 0.3) is 0 Å². The van der Waals surface area contributed by atoms with Crippen LogP contribution in [-0.2, 0) is 6.54 Å². The van der Waals surface area contributed by atoms with E-state index in [1.165, 1.54) is 12.8 Å². The van der Waals surface area contributed by atoms with Crippen molar-refractivity contribution in [2.75, 3.05) is 13.6 Å². The molecule has 1 saturated carbocycles. The van der Waals surface area contributed by atoms with E-state index in [0.29, 0.717) is 0 Å². The molecule has 0 aliphatic heterocycles. The first kappa shape index (κ1) is 10.6. The molecule has 3 heteroatoms. The Labute approximate surface area is 91.3 Å². The molecule has 1 aromatic rings. The zero-order valence-corrected chi connectivity index (χ0v) is 9.53. The second-order valence-corrected chi connectivity index (χ2v) is 4.80. The van der Waals surface area contributed by atoms with Gasteiger partial charge in [0, 0.05) is 24.3 Å². The molecule has 0 aromatic carbocycles. The van der Waals surface area contributed by atoms with Gasteiger partial charge in [-0.15, -0.1) is 0 Å². The molecule has 0 spiro atoms. The molecular weight excluding hydrogens is 186 g/mol. The fourth-order valence-corrected chi connectivity index (χ4v) is 1.88. The molecule has 1 aliphatic carbocycles. The Hall–Kier alpha value is -0.930. The predicted molar refractivity (Wildman–Crippen MR) is 61.5 cm³/mol. The Morgan fingerprint density at radius 1 is 1.47 bits per heavy atom. The van der Waals surface area contributed by atoms with Crippen LogP contribution in [0.2, 0.25) is 0 Å². The lowest BCUT2D eigenvalue weighted by Crippen LogP contribution is -2.36. The van der Waals surface area contributed by atoms with Gasteiger partial charge < -0.3 is 5.73 Å². The highest BCUT2D eigenvalue weighted by molar-refractivity contribution is 5.10. The van der Waals surface area contributed by atoms with Gasteiger partial charge in [0.15, 0.2) is 0 Å². The summed E-state index contributed by atoms with van der Waals surface area (Å²) in [6.45, 7) is 3.89. The lowest BCUT2D eigenvalue weighted by molar-refractivity contribution is 0.292. The highest BCUT2D eigenvalue weighted by atomic mass is 15.1. The van der Waals surface area contributed by atoms with Crippen LogP contribution in [-0.4, -0.2) is 29.0 Å². The Balaban J connectivity index is 1.90. The average molecular weight is 205 g/mol. The Morgan fingerprint density at radius 3 is 2.80 bits per heavy atom. The van der Waals surface area contributed by atoms with E-state index in [4.69, 9.17) is 5.73 Å². The average Bonchev–Trinajstić information content (AvgIpc) is 2.82. The highest BCUT2D eigenvalue weighted by Gasteiger charge is 2.38. The molecule has 0 bridgehead atoms. The third-order valence-corrected chi connectivity index (χ3v) is 2.85. The summed E-state index contributed by atoms with van der Waals surface area (Å²) in [5.41, 5.74) is 8.37. The Kier molecular flexibility index (Phi) is 2.76. The number of rotatable bonds is 4. The molecule has 0 atom stereocenters. The first-order chi connectivity index (χ1) is 7.07. The Morgan fingerprint density at radius 2 is 2.20 bits per heavy atom. The van der Waals surface area contributed by atoms with Crippen molar-refractivity contribution in [3.63, 3.8) is 0 Å². The van der Waals surface area contributed by atoms with Crippen molar-refractivity contribution >= 4 is 0 Å². The smallest absolute Gasteiger partial charge is 0.0547 e. The monoisotopic (exact) mass is 205 g/mol. The summed E-state index contributed by atoms with van der Waals surface area (Å²) in [6, 6.07) is 6.15. The van der Waals surface area contributed by atoms with E-state index < -0.39 is 0 Å². The van der Waals surface area contributed by atoms with Gasteiger partial charge in [0.05, 0.1) is 5.69 Å². The van der Waals surface area contributed by atoms with Crippen molar-refractivity contribution in [2.24, 2.45) is 5.73 Å². The maximum Gasteiger partial charge on any atom is 0.0547 e. The third-order valence-electron chi connectivity index (χ3n) is 2.85. The molecular formula is C12H19N3. The number of hydrogen-bond donors (Lipinski definition) is 1. The summed E-state index contributed by atoms with van der Waals surface area (Å²) in [5.74, 6) is 0. The molecule has 1 fully saturated rings. The molecule has 1 heterocycles. The van der Waals surface area contributed by atoms with E-state index in [0.717, 1.165) is 24.5 Å². The van der Waals surface area contributed by atoms with Crippen LogP contribution in [0.5, 0.6) is 0 Å². The van der Waals surface area contributed by atoms with Gasteiger partial charge in [-0.2, -0.15) is 0 Å². The van der Waals surface area contributed by atoms with E-state index in [1.807, 2.05) is 13.0 Å². The zero-order valence-electron chi connectivity index (χ0n) is 9.53. The highest BCUT2D eigenvalue weighted by Crippen LogP contribution is 2.32. The van der Waals surface area contributed by atoms with Crippen molar-refractivity contribution in [1.29, 1.82) is 0 Å². The van der Waals surface area contributed by atoms with Crippen molar-refractivity contribution in [1.82, 2.24) is 9.88 Å². The van der Waals surface area contributed by atoms with Crippen LogP contribution < -0.4 is 5.73 Å². The van der Waals surface area contributed by atoms with E-state index >= 15 is 0 Å². The maximum atomic E-state index is 6.07. The predicted octanol–water partition coefficient (Wildman–Crippen LogP) is 1.31. The summed E-state index contributed by atoms with van der Waals surface area (Å²) in [5, 5.41) is 0. The molecule has 2 rings (SSSR count). The summed E-state index contributed by atoms with van der Waals surface area (Å²) in [7, 11) is 2.11. The number of pyridine rings is 1. The normalized spacial score (nSPS) is 18.1. The first-order valence-corrected chi connectivity index (χ1v) is 5.47. The third kappa shape index (κ3) is 3.01. The second-order valence-electron chi connectivity index (χ2n) is 4.80. The van der Waals surface area contributed by atoms with Gasteiger partial charge in [-0.05, 0) is 38.9 Å². The zero-order chi connectivity index (χ0) is 10.9. The lowest BCUT2D eigenvalue weighted by atomic mass is 10.2. The van der Waals surface area contributed by atoms with Gasteiger partial charge >= 0.3 is 0 Å². The van der Waals surface area contributed by atoms with Gasteiger partial charge in [-0.3, -0.25) is 9.88 Å². The van der Waals surface area contributed by atoms with E-state index in [9.17, 15) is 0 Å². The minimum atomic E-state index is 0.0958. The molecule has 15 heavy (non-hydrogen) atoms. The molecule has 0 radical (unpaired) electrons. The molecule has 0 unspecified atom stereocenters. The number of hydrogen-bond acceptors (Lipinski definition) is 3. The topological polar surface area (TPSA) is 42.1 Å². The van der Waals surface area contributed by atoms with Crippen molar-refractivity contribution in [2.45, 2.75) is 31.8 Å². The molecule has 82 valence electrons. The molecule has 1 aromatic heterocycles. The minimum absolute atomic E-state index is 0.0958. The fourth-order valence-electron chi connectivity index (χ4n) is 1.88. The molecule has 1 aliphatic rings. The number of nitrogens with zero attached hydrogens (tertiary/aromatic N) is 2. The fraction of sp³-hybridized carbons (Fsp3) is 0.583. The molecule has 2 N–H and O–H groups in total.